The van der Waals surface area contributed by atoms with E-state index in [0.29, 0.717) is 13.1 Å². The average molecular weight is 230 g/mol. The topological polar surface area (TPSA) is 78.4 Å². The number of carboxylic acids is 1. The Morgan fingerprint density at radius 2 is 1.94 bits per heavy atom. The molecule has 94 valence electrons. The third kappa shape index (κ3) is 6.40. The predicted molar refractivity (Wildman–Crippen MR) is 62.1 cm³/mol. The highest BCUT2D eigenvalue weighted by Gasteiger charge is 2.15. The van der Waals surface area contributed by atoms with Crippen LogP contribution in [0.4, 0.5) is 0 Å². The molecule has 0 saturated heterocycles. The van der Waals surface area contributed by atoms with E-state index in [0.717, 1.165) is 6.42 Å². The van der Waals surface area contributed by atoms with Crippen LogP contribution in [-0.4, -0.2) is 37.1 Å². The molecule has 0 aromatic heterocycles. The summed E-state index contributed by atoms with van der Waals surface area (Å²) in [4.78, 5) is 22.1. The molecule has 0 aliphatic carbocycles. The lowest BCUT2D eigenvalue weighted by Crippen LogP contribution is -2.37. The van der Waals surface area contributed by atoms with Gasteiger partial charge in [0.05, 0.1) is 0 Å². The molecule has 3 N–H and O–H groups in total. The SMILES string of the molecule is CCC(CNC(=O)C(C)CNC)CC(=O)O. The fourth-order valence-electron chi connectivity index (χ4n) is 1.43. The van der Waals surface area contributed by atoms with Crippen molar-refractivity contribution in [3.05, 3.63) is 0 Å². The summed E-state index contributed by atoms with van der Waals surface area (Å²) in [7, 11) is 1.79. The molecule has 5 heteroatoms. The third-order valence-electron chi connectivity index (χ3n) is 2.56. The summed E-state index contributed by atoms with van der Waals surface area (Å²) >= 11 is 0. The van der Waals surface area contributed by atoms with Crippen molar-refractivity contribution in [3.8, 4) is 0 Å². The van der Waals surface area contributed by atoms with E-state index in [1.54, 1.807) is 7.05 Å². The van der Waals surface area contributed by atoms with Gasteiger partial charge in [-0.3, -0.25) is 9.59 Å². The summed E-state index contributed by atoms with van der Waals surface area (Å²) in [6, 6.07) is 0. The van der Waals surface area contributed by atoms with Gasteiger partial charge < -0.3 is 15.7 Å². The Bertz CT molecular complexity index is 231. The number of aliphatic carboxylic acids is 1. The highest BCUT2D eigenvalue weighted by Crippen LogP contribution is 2.06. The number of carboxylic acid groups (broad SMARTS) is 1. The number of hydrogen-bond donors (Lipinski definition) is 3. The van der Waals surface area contributed by atoms with Gasteiger partial charge in [-0.25, -0.2) is 0 Å². The minimum absolute atomic E-state index is 0.0169. The Kier molecular flexibility index (Phi) is 7.54. The molecule has 0 rings (SSSR count). The molecule has 0 spiro atoms. The Labute approximate surface area is 96.6 Å². The maximum absolute atomic E-state index is 11.5. The van der Waals surface area contributed by atoms with Crippen LogP contribution in [0.5, 0.6) is 0 Å². The minimum atomic E-state index is -0.815. The monoisotopic (exact) mass is 230 g/mol. The molecule has 1 amide bonds. The normalized spacial score (nSPS) is 14.2. The van der Waals surface area contributed by atoms with Crippen LogP contribution in [-0.2, 0) is 9.59 Å². The van der Waals surface area contributed by atoms with Crippen LogP contribution in [0.25, 0.3) is 0 Å². The van der Waals surface area contributed by atoms with Crippen molar-refractivity contribution in [2.75, 3.05) is 20.1 Å². The summed E-state index contributed by atoms with van der Waals surface area (Å²) < 4.78 is 0. The van der Waals surface area contributed by atoms with Gasteiger partial charge in [0.1, 0.15) is 0 Å². The van der Waals surface area contributed by atoms with Gasteiger partial charge in [-0.05, 0) is 13.0 Å². The van der Waals surface area contributed by atoms with Gasteiger partial charge in [-0.15, -0.1) is 0 Å². The molecule has 16 heavy (non-hydrogen) atoms. The van der Waals surface area contributed by atoms with Gasteiger partial charge in [-0.2, -0.15) is 0 Å². The van der Waals surface area contributed by atoms with Crippen molar-refractivity contribution < 1.29 is 14.7 Å². The highest BCUT2D eigenvalue weighted by molar-refractivity contribution is 5.78. The fraction of sp³-hybridized carbons (Fsp3) is 0.818. The predicted octanol–water partition coefficient (Wildman–Crippen LogP) is 0.459. The summed E-state index contributed by atoms with van der Waals surface area (Å²) in [5, 5.41) is 14.4. The van der Waals surface area contributed by atoms with Crippen LogP contribution in [0.15, 0.2) is 0 Å². The second-order valence-corrected chi connectivity index (χ2v) is 4.08. The standard InChI is InChI=1S/C11H22N2O3/c1-4-9(5-10(14)15)7-13-11(16)8(2)6-12-3/h8-9,12H,4-7H2,1-3H3,(H,13,16)(H,14,15). The zero-order valence-corrected chi connectivity index (χ0v) is 10.2. The molecule has 2 atom stereocenters. The van der Waals surface area contributed by atoms with Crippen LogP contribution in [0, 0.1) is 11.8 Å². The van der Waals surface area contributed by atoms with Crippen LogP contribution >= 0.6 is 0 Å². The Hall–Kier alpha value is -1.10. The lowest BCUT2D eigenvalue weighted by molar-refractivity contribution is -0.138. The Morgan fingerprint density at radius 3 is 2.38 bits per heavy atom. The van der Waals surface area contributed by atoms with Crippen molar-refractivity contribution in [3.63, 3.8) is 0 Å². The molecule has 0 radical (unpaired) electrons. The highest BCUT2D eigenvalue weighted by atomic mass is 16.4. The fourth-order valence-corrected chi connectivity index (χ4v) is 1.43. The van der Waals surface area contributed by atoms with Gasteiger partial charge in [0.25, 0.3) is 0 Å². The summed E-state index contributed by atoms with van der Waals surface area (Å²) in [6.07, 6.45) is 0.865. The third-order valence-corrected chi connectivity index (χ3v) is 2.56. The van der Waals surface area contributed by atoms with E-state index in [1.165, 1.54) is 0 Å². The number of rotatable bonds is 8. The van der Waals surface area contributed by atoms with E-state index in [2.05, 4.69) is 10.6 Å². The van der Waals surface area contributed by atoms with Crippen molar-refractivity contribution in [1.29, 1.82) is 0 Å². The largest absolute Gasteiger partial charge is 0.481 e. The van der Waals surface area contributed by atoms with E-state index in [1.807, 2.05) is 13.8 Å². The first-order valence-corrected chi connectivity index (χ1v) is 5.65. The average Bonchev–Trinajstić information content (AvgIpc) is 2.23. The molecule has 0 bridgehead atoms. The minimum Gasteiger partial charge on any atom is -0.481 e. The maximum atomic E-state index is 11.5. The molecular formula is C11H22N2O3. The molecule has 0 aliphatic rings. The maximum Gasteiger partial charge on any atom is 0.303 e. The molecule has 2 unspecified atom stereocenters. The van der Waals surface area contributed by atoms with E-state index in [9.17, 15) is 9.59 Å². The molecule has 0 saturated carbocycles. The molecular weight excluding hydrogens is 208 g/mol. The van der Waals surface area contributed by atoms with Crippen LogP contribution in [0.1, 0.15) is 26.7 Å². The smallest absolute Gasteiger partial charge is 0.303 e. The first kappa shape index (κ1) is 14.9. The van der Waals surface area contributed by atoms with Gasteiger partial charge >= 0.3 is 5.97 Å². The quantitative estimate of drug-likeness (QED) is 0.566. The lowest BCUT2D eigenvalue weighted by Gasteiger charge is -2.16. The number of amides is 1. The summed E-state index contributed by atoms with van der Waals surface area (Å²) in [5.74, 6) is -0.918. The second kappa shape index (κ2) is 8.10. The molecule has 0 aromatic carbocycles. The number of hydrogen-bond acceptors (Lipinski definition) is 3. The van der Waals surface area contributed by atoms with Crippen LogP contribution in [0.3, 0.4) is 0 Å². The van der Waals surface area contributed by atoms with Gasteiger partial charge in [0.2, 0.25) is 5.91 Å². The zero-order chi connectivity index (χ0) is 12.6. The number of carbonyl (C=O) groups is 2. The van der Waals surface area contributed by atoms with E-state index >= 15 is 0 Å². The Balaban J connectivity index is 3.91. The molecule has 0 aromatic rings. The first-order valence-electron chi connectivity index (χ1n) is 5.65. The van der Waals surface area contributed by atoms with Gasteiger partial charge in [0, 0.05) is 25.4 Å². The van der Waals surface area contributed by atoms with Crippen molar-refractivity contribution in [1.82, 2.24) is 10.6 Å². The molecule has 0 heterocycles. The van der Waals surface area contributed by atoms with E-state index < -0.39 is 5.97 Å². The van der Waals surface area contributed by atoms with Crippen molar-refractivity contribution >= 4 is 11.9 Å². The first-order chi connectivity index (χ1) is 7.51. The van der Waals surface area contributed by atoms with Crippen LogP contribution in [0.2, 0.25) is 0 Å². The number of carbonyl (C=O) groups excluding carboxylic acids is 1. The zero-order valence-electron chi connectivity index (χ0n) is 10.2. The lowest BCUT2D eigenvalue weighted by atomic mass is 10.0. The molecule has 0 fully saturated rings. The second-order valence-electron chi connectivity index (χ2n) is 4.08. The summed E-state index contributed by atoms with van der Waals surface area (Å²) in [6.45, 7) is 4.83. The van der Waals surface area contributed by atoms with E-state index in [4.69, 9.17) is 5.11 Å². The van der Waals surface area contributed by atoms with Crippen molar-refractivity contribution in [2.24, 2.45) is 11.8 Å². The van der Waals surface area contributed by atoms with Gasteiger partial charge in [-0.1, -0.05) is 20.3 Å². The summed E-state index contributed by atoms with van der Waals surface area (Å²) in [5.41, 5.74) is 0. The van der Waals surface area contributed by atoms with Crippen LogP contribution < -0.4 is 10.6 Å². The Morgan fingerprint density at radius 1 is 1.31 bits per heavy atom. The number of nitrogens with one attached hydrogen (secondary N) is 2. The van der Waals surface area contributed by atoms with E-state index in [-0.39, 0.29) is 24.2 Å². The van der Waals surface area contributed by atoms with Crippen molar-refractivity contribution in [2.45, 2.75) is 26.7 Å². The molecule has 0 aliphatic heterocycles. The molecule has 5 nitrogen and oxygen atoms in total. The van der Waals surface area contributed by atoms with Gasteiger partial charge in [0.15, 0.2) is 0 Å².